The molecule has 0 aliphatic carbocycles. The predicted molar refractivity (Wildman–Crippen MR) is 317 cm³/mol. The minimum atomic E-state index is -5.53. The SMILES string of the molecule is [2H]c1c([2H])c([2H])c(-c2nc(-c3c([2H])c([2H])c([2H])c([Si](c4ccccc4)(c4c([2H])c([2H])c([2H])c([2H])c4[2H])c4c([2H])c([2H])c([2H])c([2H])c4[2H])c3[2H])nc(-n3c4ccccc4c4cccc(-n5c6ccccc6c6ccc(-n7c8ccccc8c8ccccc87)cc65)c43)n2)c([2H])c1[2H]. The van der Waals surface area contributed by atoms with E-state index in [4.69, 9.17) is 27.3 Å². The normalized spacial score (nSPS) is 15.4. The Morgan fingerprint density at radius 2 is 0.803 bits per heavy atom. The maximum absolute atomic E-state index is 10.7. The monoisotopic (exact) mass is 1010 g/mol. The van der Waals surface area contributed by atoms with Crippen LogP contribution in [0.15, 0.2) is 279 Å². The Bertz CT molecular complexity index is 5680. The predicted octanol–water partition coefficient (Wildman–Crippen LogP) is 13.9. The second-order valence-electron chi connectivity index (χ2n) is 18.1. The number of aromatic nitrogens is 6. The van der Waals surface area contributed by atoms with Gasteiger partial charge in [-0.3, -0.25) is 4.57 Å². The number of hydrogen-bond acceptors (Lipinski definition) is 3. The van der Waals surface area contributed by atoms with E-state index in [1.165, 1.54) is 24.3 Å². The average molecular weight is 1010 g/mol. The summed E-state index contributed by atoms with van der Waals surface area (Å²) in [5.74, 6) is -1.51. The highest BCUT2D eigenvalue weighted by Gasteiger charge is 2.41. The molecule has 4 aromatic heterocycles. The van der Waals surface area contributed by atoms with Crippen LogP contribution in [0.25, 0.3) is 106 Å². The van der Waals surface area contributed by atoms with Crippen LogP contribution in [-0.2, 0) is 0 Å². The van der Waals surface area contributed by atoms with Crippen LogP contribution in [0.4, 0.5) is 0 Å². The highest BCUT2D eigenvalue weighted by atomic mass is 28.3. The average Bonchev–Trinajstić information content (AvgIpc) is 1.57. The summed E-state index contributed by atoms with van der Waals surface area (Å²) in [5.41, 5.74) is 4.76. The van der Waals surface area contributed by atoms with Crippen LogP contribution in [-0.4, -0.2) is 36.7 Å². The minimum absolute atomic E-state index is 0.0525. The summed E-state index contributed by atoms with van der Waals surface area (Å²) in [4.78, 5) is 14.9. The molecular formula is C69H46N6Si. The molecule has 7 heteroatoms. The number of fused-ring (bicyclic) bond motifs is 9. The molecule has 15 aromatic rings. The van der Waals surface area contributed by atoms with Gasteiger partial charge in [-0.2, -0.15) is 9.97 Å². The highest BCUT2D eigenvalue weighted by Crippen LogP contribution is 2.41. The fourth-order valence-electron chi connectivity index (χ4n) is 11.0. The maximum Gasteiger partial charge on any atom is 0.238 e. The molecule has 0 aliphatic heterocycles. The number of benzene rings is 11. The summed E-state index contributed by atoms with van der Waals surface area (Å²) < 4.78 is 184. The lowest BCUT2D eigenvalue weighted by Crippen LogP contribution is -2.74. The van der Waals surface area contributed by atoms with E-state index in [1.54, 1.807) is 22.8 Å². The number of nitrogens with zero attached hydrogens (tertiary/aromatic N) is 6. The third-order valence-electron chi connectivity index (χ3n) is 14.1. The fourth-order valence-corrected chi connectivity index (χ4v) is 14.9. The highest BCUT2D eigenvalue weighted by molar-refractivity contribution is 7.19. The molecule has 6 nitrogen and oxygen atoms in total. The second-order valence-corrected chi connectivity index (χ2v) is 21.7. The van der Waals surface area contributed by atoms with E-state index in [-0.39, 0.29) is 11.1 Å². The molecule has 0 atom stereocenters. The quantitative estimate of drug-likeness (QED) is 0.107. The van der Waals surface area contributed by atoms with E-state index >= 15 is 0 Å². The molecule has 11 aromatic carbocycles. The molecular weight excluding hydrogens is 941 g/mol. The van der Waals surface area contributed by atoms with Crippen LogP contribution in [0.1, 0.15) is 26.0 Å². The van der Waals surface area contributed by atoms with Crippen molar-refractivity contribution in [2.75, 3.05) is 0 Å². The van der Waals surface area contributed by atoms with E-state index < -0.39 is 161 Å². The van der Waals surface area contributed by atoms with Crippen molar-refractivity contribution in [2.24, 2.45) is 0 Å². The van der Waals surface area contributed by atoms with Crippen molar-refractivity contribution in [3.8, 4) is 40.1 Å². The van der Waals surface area contributed by atoms with Gasteiger partial charge < -0.3 is 9.13 Å². The second kappa shape index (κ2) is 17.6. The Balaban J connectivity index is 1.10. The summed E-state index contributed by atoms with van der Waals surface area (Å²) >= 11 is 0. The van der Waals surface area contributed by atoms with Crippen molar-refractivity contribution >= 4 is 94.2 Å². The third kappa shape index (κ3) is 6.69. The molecule has 0 N–H and O–H groups in total. The van der Waals surface area contributed by atoms with Gasteiger partial charge in [0.15, 0.2) is 19.7 Å². The molecule has 0 unspecified atom stereocenters. The Kier molecular flexibility index (Phi) is 6.61. The van der Waals surface area contributed by atoms with E-state index in [0.717, 1.165) is 49.3 Å². The Morgan fingerprint density at radius 1 is 0.329 bits per heavy atom. The molecule has 0 spiro atoms. The molecule has 0 bridgehead atoms. The van der Waals surface area contributed by atoms with Crippen LogP contribution >= 0.6 is 0 Å². The van der Waals surface area contributed by atoms with Crippen molar-refractivity contribution in [2.45, 2.75) is 0 Å². The van der Waals surface area contributed by atoms with Crippen LogP contribution in [0.2, 0.25) is 0 Å². The number of para-hydroxylation sites is 5. The number of rotatable bonds is 9. The van der Waals surface area contributed by atoms with Crippen molar-refractivity contribution in [3.63, 3.8) is 0 Å². The molecule has 356 valence electrons. The van der Waals surface area contributed by atoms with Crippen molar-refractivity contribution in [3.05, 3.63) is 279 Å². The van der Waals surface area contributed by atoms with Gasteiger partial charge in [0.05, 0.1) is 64.8 Å². The lowest BCUT2D eigenvalue weighted by Gasteiger charge is -2.34. The molecule has 76 heavy (non-hydrogen) atoms. The van der Waals surface area contributed by atoms with E-state index in [0.29, 0.717) is 27.5 Å². The number of hydrogen-bond donors (Lipinski definition) is 0. The lowest BCUT2D eigenvalue weighted by atomic mass is 10.1. The maximum atomic E-state index is 10.7. The molecule has 0 fully saturated rings. The van der Waals surface area contributed by atoms with Gasteiger partial charge >= 0.3 is 0 Å². The first kappa shape index (κ1) is 28.5. The zero-order chi connectivity index (χ0) is 66.7. The molecule has 0 saturated heterocycles. The summed E-state index contributed by atoms with van der Waals surface area (Å²) in [6.45, 7) is 0. The van der Waals surface area contributed by atoms with E-state index in [9.17, 15) is 13.7 Å². The standard InChI is InChI=1S/C69H46N6Si/c1-5-23-47(24-6-1)67-70-68(48-25-21-32-53(45-48)76(50-26-7-2-8-27-50,51-28-9-3-10-29-51)52-30-11-4-12-31-52)72-69(71-67)75-63-41-20-16-36-57(63)59-37-22-42-64(66(59)75)74-62-40-19-15-35-56(62)58-44-43-49(46-65(58)74)73-60-38-17-13-33-54(60)55-34-14-18-39-61(55)73/h1-46H/i1D,2D,3D,5D,6D,7D,8D,9D,10D,21D,23D,24D,25D,26D,27D,28D,29D,32D,45D. The van der Waals surface area contributed by atoms with Crippen LogP contribution < -0.4 is 20.7 Å². The van der Waals surface area contributed by atoms with Crippen LogP contribution in [0, 0.1) is 0 Å². The first-order valence-corrected chi connectivity index (χ1v) is 26.3. The Labute approximate surface area is 466 Å². The van der Waals surface area contributed by atoms with Crippen molar-refractivity contribution in [1.29, 1.82) is 0 Å². The summed E-state index contributed by atoms with van der Waals surface area (Å²) in [7, 11) is -5.53. The first-order valence-electron chi connectivity index (χ1n) is 33.8. The van der Waals surface area contributed by atoms with Crippen LogP contribution in [0.3, 0.4) is 0 Å². The Hall–Kier alpha value is -9.95. The van der Waals surface area contributed by atoms with Crippen molar-refractivity contribution < 1.29 is 26.0 Å². The van der Waals surface area contributed by atoms with Gasteiger partial charge in [0, 0.05) is 49.1 Å². The van der Waals surface area contributed by atoms with Crippen LogP contribution in [0.5, 0.6) is 0 Å². The third-order valence-corrected chi connectivity index (χ3v) is 18.3. The van der Waals surface area contributed by atoms with Gasteiger partial charge in [-0.15, -0.1) is 0 Å². The van der Waals surface area contributed by atoms with Gasteiger partial charge in [0.1, 0.15) is 0 Å². The zero-order valence-electron chi connectivity index (χ0n) is 58.8. The summed E-state index contributed by atoms with van der Waals surface area (Å²) in [6.07, 6.45) is 0. The molecule has 0 radical (unpaired) electrons. The van der Waals surface area contributed by atoms with Gasteiger partial charge in [0.2, 0.25) is 5.95 Å². The summed E-state index contributed by atoms with van der Waals surface area (Å²) in [6, 6.07) is 34.8. The lowest BCUT2D eigenvalue weighted by molar-refractivity contribution is 0.950. The van der Waals surface area contributed by atoms with E-state index in [1.807, 2.05) is 78.9 Å². The smallest absolute Gasteiger partial charge is 0.238 e. The molecule has 0 amide bonds. The molecule has 0 saturated carbocycles. The zero-order valence-corrected chi connectivity index (χ0v) is 40.8. The van der Waals surface area contributed by atoms with Crippen molar-refractivity contribution in [1.82, 2.24) is 28.7 Å². The van der Waals surface area contributed by atoms with Gasteiger partial charge in [0.25, 0.3) is 0 Å². The summed E-state index contributed by atoms with van der Waals surface area (Å²) in [5, 5.41) is 3.31. The first-order chi connectivity index (χ1) is 45.6. The minimum Gasteiger partial charge on any atom is -0.309 e. The van der Waals surface area contributed by atoms with Gasteiger partial charge in [-0.25, -0.2) is 4.98 Å². The molecule has 0 aliphatic rings. The topological polar surface area (TPSA) is 53.5 Å². The van der Waals surface area contributed by atoms with Gasteiger partial charge in [-0.05, 0) is 63.2 Å². The Morgan fingerprint density at radius 3 is 1.42 bits per heavy atom. The van der Waals surface area contributed by atoms with Gasteiger partial charge in [-0.1, -0.05) is 236 Å². The molecule has 15 rings (SSSR count). The molecule has 4 heterocycles. The van der Waals surface area contributed by atoms with E-state index in [2.05, 4.69) is 51.6 Å². The largest absolute Gasteiger partial charge is 0.309 e. The fraction of sp³-hybridized carbons (Fsp3) is 0.